The number of aromatic nitrogens is 1. The van der Waals surface area contributed by atoms with Crippen LogP contribution >= 0.6 is 0 Å². The summed E-state index contributed by atoms with van der Waals surface area (Å²) in [4.78, 5) is 20.4. The molecule has 2 saturated heterocycles. The topological polar surface area (TPSA) is 62.5 Å². The molecule has 0 bridgehead atoms. The van der Waals surface area contributed by atoms with Crippen LogP contribution in [0.25, 0.3) is 0 Å². The van der Waals surface area contributed by atoms with Crippen LogP contribution in [-0.4, -0.2) is 52.5 Å². The number of carbonyl (C=O) groups excluding carboxylic acids is 1. The van der Waals surface area contributed by atoms with E-state index >= 15 is 4.39 Å². The van der Waals surface area contributed by atoms with Gasteiger partial charge in [-0.15, -0.1) is 0 Å². The van der Waals surface area contributed by atoms with E-state index in [1.807, 2.05) is 6.07 Å². The largest absolute Gasteiger partial charge is 0.384 e. The molecule has 0 saturated carbocycles. The first-order valence-electron chi connectivity index (χ1n) is 11.3. The number of likely N-dealkylation sites (tertiary alicyclic amines) is 2. The number of pyridine rings is 1. The van der Waals surface area contributed by atoms with Gasteiger partial charge >= 0.3 is 0 Å². The summed E-state index contributed by atoms with van der Waals surface area (Å²) < 4.78 is 57.4. The van der Waals surface area contributed by atoms with Gasteiger partial charge in [-0.25, -0.2) is 22.5 Å². The molecule has 1 amide bonds. The van der Waals surface area contributed by atoms with Crippen LogP contribution in [0.5, 0.6) is 0 Å². The van der Waals surface area contributed by atoms with E-state index in [0.29, 0.717) is 44.4 Å². The van der Waals surface area contributed by atoms with E-state index in [0.717, 1.165) is 17.7 Å². The maximum atomic E-state index is 15.5. The monoisotopic (exact) mass is 464 g/mol. The first-order valence-corrected chi connectivity index (χ1v) is 11.3. The van der Waals surface area contributed by atoms with Gasteiger partial charge in [-0.05, 0) is 42.5 Å². The number of nitrogen functional groups attached to an aromatic ring is 1. The highest BCUT2D eigenvalue weighted by atomic mass is 19.2. The van der Waals surface area contributed by atoms with Crippen molar-refractivity contribution >= 4 is 11.7 Å². The molecule has 1 aromatic carbocycles. The van der Waals surface area contributed by atoms with Crippen LogP contribution in [0.15, 0.2) is 36.5 Å². The molecule has 2 aromatic rings. The number of halogens is 4. The van der Waals surface area contributed by atoms with Crippen LogP contribution in [0.3, 0.4) is 0 Å². The Morgan fingerprint density at radius 1 is 1.12 bits per heavy atom. The van der Waals surface area contributed by atoms with E-state index in [4.69, 9.17) is 5.73 Å². The van der Waals surface area contributed by atoms with Gasteiger partial charge in [0.15, 0.2) is 5.67 Å². The number of benzene rings is 1. The van der Waals surface area contributed by atoms with Crippen LogP contribution in [0, 0.1) is 17.6 Å². The molecule has 2 fully saturated rings. The molecule has 2 aliphatic rings. The molecule has 1 atom stereocenters. The van der Waals surface area contributed by atoms with E-state index in [1.165, 1.54) is 4.90 Å². The lowest BCUT2D eigenvalue weighted by Gasteiger charge is -2.40. The maximum absolute atomic E-state index is 15.5. The van der Waals surface area contributed by atoms with Crippen LogP contribution in [0.2, 0.25) is 0 Å². The average Bonchev–Trinajstić information content (AvgIpc) is 2.80. The lowest BCUT2D eigenvalue weighted by atomic mass is 9.86. The molecule has 0 spiro atoms. The average molecular weight is 465 g/mol. The van der Waals surface area contributed by atoms with Gasteiger partial charge in [0.1, 0.15) is 23.6 Å². The summed E-state index contributed by atoms with van der Waals surface area (Å²) in [5.41, 5.74) is 4.59. The molecule has 5 nitrogen and oxygen atoms in total. The van der Waals surface area contributed by atoms with Crippen molar-refractivity contribution in [2.45, 2.75) is 44.1 Å². The Morgan fingerprint density at radius 3 is 2.45 bits per heavy atom. The van der Waals surface area contributed by atoms with Gasteiger partial charge in [0.2, 0.25) is 0 Å². The first kappa shape index (κ1) is 23.5. The van der Waals surface area contributed by atoms with Crippen molar-refractivity contribution in [1.82, 2.24) is 14.8 Å². The van der Waals surface area contributed by atoms with E-state index in [1.54, 1.807) is 12.3 Å². The van der Waals surface area contributed by atoms with Crippen molar-refractivity contribution < 1.29 is 22.4 Å². The van der Waals surface area contributed by atoms with Gasteiger partial charge in [0, 0.05) is 63.4 Å². The fourth-order valence-corrected chi connectivity index (χ4v) is 4.79. The Bertz CT molecular complexity index is 988. The van der Waals surface area contributed by atoms with E-state index in [9.17, 15) is 18.0 Å². The van der Waals surface area contributed by atoms with Crippen molar-refractivity contribution in [3.05, 3.63) is 59.3 Å². The molecule has 3 heterocycles. The smallest absolute Gasteiger partial charge is 0.260 e. The minimum absolute atomic E-state index is 0.0961. The Hall–Kier alpha value is -2.68. The molecular formula is C24H28F4N4O. The van der Waals surface area contributed by atoms with E-state index < -0.39 is 35.3 Å². The number of amides is 1. The highest BCUT2D eigenvalue weighted by molar-refractivity contribution is 5.85. The fraction of sp³-hybridized carbons (Fsp3) is 0.500. The molecule has 4 rings (SSSR count). The summed E-state index contributed by atoms with van der Waals surface area (Å²) >= 11 is 0. The highest BCUT2D eigenvalue weighted by Gasteiger charge is 2.45. The molecule has 2 aliphatic heterocycles. The number of anilines is 1. The van der Waals surface area contributed by atoms with Gasteiger partial charge < -0.3 is 10.6 Å². The zero-order valence-corrected chi connectivity index (χ0v) is 18.3. The predicted molar refractivity (Wildman–Crippen MR) is 117 cm³/mol. The minimum atomic E-state index is -1.93. The Kier molecular flexibility index (Phi) is 6.88. The second kappa shape index (κ2) is 9.67. The zero-order chi connectivity index (χ0) is 23.6. The zero-order valence-electron chi connectivity index (χ0n) is 18.3. The summed E-state index contributed by atoms with van der Waals surface area (Å²) in [6, 6.07) is 6.47. The van der Waals surface area contributed by atoms with E-state index in [-0.39, 0.29) is 31.5 Å². The van der Waals surface area contributed by atoms with Crippen LogP contribution in [-0.2, 0) is 11.3 Å². The molecule has 178 valence electrons. The number of carbonyl (C=O) groups is 1. The third-order valence-corrected chi connectivity index (χ3v) is 6.78. The van der Waals surface area contributed by atoms with Crippen LogP contribution in [0.4, 0.5) is 23.4 Å². The summed E-state index contributed by atoms with van der Waals surface area (Å²) in [6.07, 6.45) is 0.837. The van der Waals surface area contributed by atoms with Gasteiger partial charge in [-0.2, -0.15) is 0 Å². The number of nitrogens with zero attached hydrogens (tertiary/aromatic N) is 3. The summed E-state index contributed by atoms with van der Waals surface area (Å²) in [7, 11) is 0. The summed E-state index contributed by atoms with van der Waals surface area (Å²) in [5, 5.41) is 0. The fourth-order valence-electron chi connectivity index (χ4n) is 4.79. The van der Waals surface area contributed by atoms with E-state index in [2.05, 4.69) is 9.88 Å². The Balaban J connectivity index is 1.29. The second-order valence-corrected chi connectivity index (χ2v) is 9.03. The Morgan fingerprint density at radius 2 is 1.82 bits per heavy atom. The van der Waals surface area contributed by atoms with Gasteiger partial charge in [-0.3, -0.25) is 9.69 Å². The van der Waals surface area contributed by atoms with Gasteiger partial charge in [0.05, 0.1) is 0 Å². The molecular weight excluding hydrogens is 436 g/mol. The molecule has 2 N–H and O–H groups in total. The molecule has 0 radical (unpaired) electrons. The molecule has 1 unspecified atom stereocenters. The SMILES string of the molecule is Nc1cc(CN2CCC(F)(C(=O)N3CCC(C(F)c4ccc(F)cc4F)CC3)CC2)ccn1. The van der Waals surface area contributed by atoms with Gasteiger partial charge in [0.25, 0.3) is 5.91 Å². The number of hydrogen-bond donors (Lipinski definition) is 1. The highest BCUT2D eigenvalue weighted by Crippen LogP contribution is 2.37. The Labute approximate surface area is 190 Å². The third-order valence-electron chi connectivity index (χ3n) is 6.78. The summed E-state index contributed by atoms with van der Waals surface area (Å²) in [5.74, 6) is -2.28. The van der Waals surface area contributed by atoms with Crippen molar-refractivity contribution in [2.75, 3.05) is 31.9 Å². The summed E-state index contributed by atoms with van der Waals surface area (Å²) in [6.45, 7) is 1.94. The maximum Gasteiger partial charge on any atom is 0.260 e. The van der Waals surface area contributed by atoms with Crippen LogP contribution < -0.4 is 5.73 Å². The lowest BCUT2D eigenvalue weighted by molar-refractivity contribution is -0.149. The molecule has 1 aromatic heterocycles. The van der Waals surface area contributed by atoms with Crippen molar-refractivity contribution in [3.8, 4) is 0 Å². The minimum Gasteiger partial charge on any atom is -0.384 e. The number of rotatable bonds is 5. The number of piperidine rings is 2. The molecule has 33 heavy (non-hydrogen) atoms. The number of nitrogens with two attached hydrogens (primary N) is 1. The van der Waals surface area contributed by atoms with Crippen molar-refractivity contribution in [1.29, 1.82) is 0 Å². The van der Waals surface area contributed by atoms with Crippen molar-refractivity contribution in [3.63, 3.8) is 0 Å². The third kappa shape index (κ3) is 5.29. The van der Waals surface area contributed by atoms with Crippen molar-refractivity contribution in [2.24, 2.45) is 5.92 Å². The number of hydrogen-bond acceptors (Lipinski definition) is 4. The van der Waals surface area contributed by atoms with Crippen LogP contribution in [0.1, 0.15) is 43.0 Å². The first-order chi connectivity index (χ1) is 15.7. The number of alkyl halides is 2. The van der Waals surface area contributed by atoms with Gasteiger partial charge in [-0.1, -0.05) is 6.07 Å². The molecule has 9 heteroatoms. The second-order valence-electron chi connectivity index (χ2n) is 9.03. The molecule has 0 aliphatic carbocycles. The normalized spacial score (nSPS) is 20.5. The quantitative estimate of drug-likeness (QED) is 0.674. The predicted octanol–water partition coefficient (Wildman–Crippen LogP) is 4.20. The standard InChI is InChI=1S/C24H28F4N4O/c25-18-1-2-19(20(26)14-18)22(27)17-4-9-32(10-5-17)23(33)24(28)6-11-31(12-7-24)15-16-3-8-30-21(29)13-16/h1-3,8,13-14,17,22H,4-7,9-12,15H2,(H2,29,30). The lowest BCUT2D eigenvalue weighted by Crippen LogP contribution is -2.54.